The lowest BCUT2D eigenvalue weighted by atomic mass is 10.2. The molecule has 18 heavy (non-hydrogen) atoms. The molecular weight excluding hydrogens is 232 g/mol. The number of Topliss-reactive ketones (excluding diaryl/α,β-unsaturated/α-hetero) is 1. The molecule has 1 atom stereocenters. The van der Waals surface area contributed by atoms with Crippen LogP contribution in [-0.4, -0.2) is 36.6 Å². The Morgan fingerprint density at radius 2 is 2.17 bits per heavy atom. The summed E-state index contributed by atoms with van der Waals surface area (Å²) >= 11 is 0. The summed E-state index contributed by atoms with van der Waals surface area (Å²) < 4.78 is 10.6. The zero-order chi connectivity index (χ0) is 13.2. The number of carbonyl (C=O) groups is 1. The van der Waals surface area contributed by atoms with E-state index in [0.29, 0.717) is 13.2 Å². The summed E-state index contributed by atoms with van der Waals surface area (Å²) in [5.41, 5.74) is 9.29. The van der Waals surface area contributed by atoms with E-state index in [1.165, 1.54) is 7.11 Å². The summed E-state index contributed by atoms with van der Waals surface area (Å²) in [7, 11) is 1.51. The predicted molar refractivity (Wildman–Crippen MR) is 66.2 cm³/mol. The Morgan fingerprint density at radius 1 is 1.44 bits per heavy atom. The third-order valence-corrected chi connectivity index (χ3v) is 2.38. The van der Waals surface area contributed by atoms with E-state index in [-0.39, 0.29) is 18.3 Å². The van der Waals surface area contributed by atoms with Gasteiger partial charge in [0.2, 0.25) is 5.78 Å². The van der Waals surface area contributed by atoms with Crippen molar-refractivity contribution in [2.45, 2.75) is 19.1 Å². The quantitative estimate of drug-likeness (QED) is 0.397. The molecule has 0 radical (unpaired) electrons. The fraction of sp³-hybridized carbons (Fsp3) is 0.385. The molecule has 0 N–H and O–H groups in total. The lowest BCUT2D eigenvalue weighted by Crippen LogP contribution is -2.22. The molecule has 0 aromatic heterocycles. The number of nitrogens with zero attached hydrogens (tertiary/aromatic N) is 2. The van der Waals surface area contributed by atoms with Gasteiger partial charge in [-0.3, -0.25) is 4.79 Å². The maximum absolute atomic E-state index is 11.2. The van der Waals surface area contributed by atoms with Crippen molar-refractivity contribution in [3.63, 3.8) is 0 Å². The van der Waals surface area contributed by atoms with Crippen LogP contribution in [-0.2, 0) is 20.9 Å². The number of rotatable bonds is 8. The highest BCUT2D eigenvalue weighted by molar-refractivity contribution is 6.25. The molecule has 0 amide bonds. The van der Waals surface area contributed by atoms with Crippen LogP contribution in [0.5, 0.6) is 0 Å². The minimum absolute atomic E-state index is 0.134. The molecule has 0 aliphatic rings. The second-order valence-corrected chi connectivity index (χ2v) is 3.77. The molecule has 5 nitrogen and oxygen atoms in total. The Hall–Kier alpha value is -1.81. The summed E-state index contributed by atoms with van der Waals surface area (Å²) in [5.74, 6) is -0.298. The molecule has 1 unspecified atom stereocenters. The van der Waals surface area contributed by atoms with Crippen LogP contribution in [0, 0.1) is 0 Å². The van der Waals surface area contributed by atoms with Crippen molar-refractivity contribution in [3.8, 4) is 0 Å². The van der Waals surface area contributed by atoms with Gasteiger partial charge in [-0.15, -0.1) is 0 Å². The largest absolute Gasteiger partial charge is 0.379 e. The summed E-state index contributed by atoms with van der Waals surface area (Å²) in [4.78, 5) is 13.9. The molecule has 0 saturated heterocycles. The minimum Gasteiger partial charge on any atom is -0.379 e. The van der Waals surface area contributed by atoms with Gasteiger partial charge in [-0.1, -0.05) is 30.3 Å². The molecule has 0 spiro atoms. The molecule has 0 heterocycles. The van der Waals surface area contributed by atoms with Gasteiger partial charge >= 0.3 is 6.21 Å². The lowest BCUT2D eigenvalue weighted by Gasteiger charge is -2.13. The van der Waals surface area contributed by atoms with Crippen LogP contribution in [0.3, 0.4) is 0 Å². The Labute approximate surface area is 106 Å². The topological polar surface area (TPSA) is 71.9 Å². The average molecular weight is 248 g/mol. The number of benzene rings is 1. The second-order valence-electron chi connectivity index (χ2n) is 3.77. The first-order valence-electron chi connectivity index (χ1n) is 5.61. The van der Waals surface area contributed by atoms with Crippen LogP contribution in [0.15, 0.2) is 30.3 Å². The van der Waals surface area contributed by atoms with E-state index in [0.717, 1.165) is 11.8 Å². The van der Waals surface area contributed by atoms with E-state index < -0.39 is 0 Å². The standard InChI is InChI=1S/C13H16N2O3/c1-17-13(7-12(16)8-15-14)10-18-9-11-5-3-2-4-6-11/h2-6,8,13H,7,9-10H2,1H3. The monoisotopic (exact) mass is 248 g/mol. The summed E-state index contributed by atoms with van der Waals surface area (Å²) in [5, 5.41) is 0. The molecule has 1 aromatic carbocycles. The third-order valence-electron chi connectivity index (χ3n) is 2.38. The summed E-state index contributed by atoms with van der Waals surface area (Å²) in [6, 6.07) is 9.74. The maximum Gasteiger partial charge on any atom is 0.323 e. The smallest absolute Gasteiger partial charge is 0.323 e. The highest BCUT2D eigenvalue weighted by Gasteiger charge is 2.14. The first kappa shape index (κ1) is 14.3. The molecule has 0 aliphatic heterocycles. The molecule has 0 bridgehead atoms. The van der Waals surface area contributed by atoms with Crippen LogP contribution < -0.4 is 0 Å². The van der Waals surface area contributed by atoms with Crippen molar-refractivity contribution in [1.82, 2.24) is 0 Å². The number of ketones is 1. The molecule has 96 valence electrons. The fourth-order valence-electron chi connectivity index (χ4n) is 1.43. The van der Waals surface area contributed by atoms with Gasteiger partial charge in [0.25, 0.3) is 0 Å². The number of hydrogen-bond donors (Lipinski definition) is 0. The molecule has 1 aromatic rings. The Balaban J connectivity index is 2.31. The van der Waals surface area contributed by atoms with E-state index >= 15 is 0 Å². The number of methoxy groups -OCH3 is 1. The molecule has 0 aliphatic carbocycles. The van der Waals surface area contributed by atoms with E-state index in [2.05, 4.69) is 4.79 Å². The fourth-order valence-corrected chi connectivity index (χ4v) is 1.43. The Kier molecular flexibility index (Phi) is 6.58. The van der Waals surface area contributed by atoms with E-state index in [1.54, 1.807) is 0 Å². The van der Waals surface area contributed by atoms with Crippen molar-refractivity contribution < 1.29 is 19.1 Å². The van der Waals surface area contributed by atoms with Gasteiger partial charge in [0.1, 0.15) is 0 Å². The Bertz CT molecular complexity index is 414. The number of carbonyl (C=O) groups excluding carboxylic acids is 1. The third kappa shape index (κ3) is 5.50. The molecule has 5 heteroatoms. The van der Waals surface area contributed by atoms with Crippen LogP contribution in [0.4, 0.5) is 0 Å². The molecule has 0 fully saturated rings. The van der Waals surface area contributed by atoms with Crippen LogP contribution in [0.1, 0.15) is 12.0 Å². The zero-order valence-electron chi connectivity index (χ0n) is 10.3. The number of hydrogen-bond acceptors (Lipinski definition) is 3. The number of ether oxygens (including phenoxy) is 2. The van der Waals surface area contributed by atoms with Crippen LogP contribution >= 0.6 is 0 Å². The average Bonchev–Trinajstić information content (AvgIpc) is 2.39. The van der Waals surface area contributed by atoms with Crippen molar-refractivity contribution >= 4 is 12.0 Å². The second kappa shape index (κ2) is 8.31. The maximum atomic E-state index is 11.2. The molecule has 1 rings (SSSR count). The minimum atomic E-state index is -0.334. The van der Waals surface area contributed by atoms with Gasteiger partial charge in [0, 0.05) is 13.5 Å². The van der Waals surface area contributed by atoms with Crippen molar-refractivity contribution in [2.24, 2.45) is 0 Å². The first-order chi connectivity index (χ1) is 8.76. The lowest BCUT2D eigenvalue weighted by molar-refractivity contribution is -0.119. The van der Waals surface area contributed by atoms with Gasteiger partial charge in [-0.25, -0.2) is 0 Å². The van der Waals surface area contributed by atoms with Gasteiger partial charge in [-0.2, -0.15) is 4.79 Å². The van der Waals surface area contributed by atoms with Crippen molar-refractivity contribution in [2.75, 3.05) is 13.7 Å². The van der Waals surface area contributed by atoms with Gasteiger partial charge in [-0.05, 0) is 5.56 Å². The highest BCUT2D eigenvalue weighted by atomic mass is 16.5. The first-order valence-corrected chi connectivity index (χ1v) is 5.61. The van der Waals surface area contributed by atoms with Crippen LogP contribution in [0.25, 0.3) is 5.53 Å². The highest BCUT2D eigenvalue weighted by Crippen LogP contribution is 2.04. The predicted octanol–water partition coefficient (Wildman–Crippen LogP) is 1.48. The van der Waals surface area contributed by atoms with Gasteiger partial charge in [0.05, 0.1) is 19.3 Å². The van der Waals surface area contributed by atoms with Gasteiger partial charge < -0.3 is 15.0 Å². The van der Waals surface area contributed by atoms with Crippen molar-refractivity contribution in [3.05, 3.63) is 41.4 Å². The van der Waals surface area contributed by atoms with E-state index in [4.69, 9.17) is 15.0 Å². The van der Waals surface area contributed by atoms with Crippen molar-refractivity contribution in [1.29, 1.82) is 0 Å². The van der Waals surface area contributed by atoms with E-state index in [1.807, 2.05) is 30.3 Å². The Morgan fingerprint density at radius 3 is 2.78 bits per heavy atom. The normalized spacial score (nSPS) is 11.6. The summed E-state index contributed by atoms with van der Waals surface area (Å²) in [6.45, 7) is 0.791. The summed E-state index contributed by atoms with van der Waals surface area (Å²) in [6.07, 6.45) is 0.665. The SMILES string of the molecule is COC(COCc1ccccc1)CC(=O)C=[N+]=[N-]. The van der Waals surface area contributed by atoms with E-state index in [9.17, 15) is 4.79 Å². The molecular formula is C13H16N2O3. The zero-order valence-corrected chi connectivity index (χ0v) is 10.3. The van der Waals surface area contributed by atoms with Gasteiger partial charge in [0.15, 0.2) is 0 Å². The van der Waals surface area contributed by atoms with Crippen LogP contribution in [0.2, 0.25) is 0 Å². The molecule has 0 saturated carbocycles.